The SMILES string of the molecule is CCC1CCCN(S(=O)(=O)c2ccc(CC(=O)O)cc2)CC1. The zero-order valence-corrected chi connectivity index (χ0v) is 13.7. The van der Waals surface area contributed by atoms with Crippen LogP contribution in [0.4, 0.5) is 0 Å². The summed E-state index contributed by atoms with van der Waals surface area (Å²) < 4.78 is 26.9. The first-order valence-electron chi connectivity index (χ1n) is 7.74. The van der Waals surface area contributed by atoms with Crippen LogP contribution in [0.3, 0.4) is 0 Å². The number of carboxylic acids is 1. The third-order valence-electron chi connectivity index (χ3n) is 4.30. The quantitative estimate of drug-likeness (QED) is 0.902. The minimum atomic E-state index is -3.48. The van der Waals surface area contributed by atoms with Crippen LogP contribution in [0.1, 0.15) is 38.2 Å². The van der Waals surface area contributed by atoms with Gasteiger partial charge in [-0.3, -0.25) is 4.79 Å². The lowest BCUT2D eigenvalue weighted by atomic mass is 9.98. The van der Waals surface area contributed by atoms with Crippen LogP contribution in [-0.4, -0.2) is 36.9 Å². The van der Waals surface area contributed by atoms with Gasteiger partial charge in [0.1, 0.15) is 0 Å². The smallest absolute Gasteiger partial charge is 0.307 e. The number of benzene rings is 1. The summed E-state index contributed by atoms with van der Waals surface area (Å²) in [6.07, 6.45) is 3.89. The summed E-state index contributed by atoms with van der Waals surface area (Å²) >= 11 is 0. The molecule has 1 fully saturated rings. The lowest BCUT2D eigenvalue weighted by Crippen LogP contribution is -2.32. The Hall–Kier alpha value is -1.40. The highest BCUT2D eigenvalue weighted by atomic mass is 32.2. The first kappa shape index (κ1) is 17.0. The number of carboxylic acid groups (broad SMARTS) is 1. The van der Waals surface area contributed by atoms with Crippen LogP contribution in [0.15, 0.2) is 29.2 Å². The average Bonchev–Trinajstić information content (AvgIpc) is 2.73. The minimum absolute atomic E-state index is 0.0950. The van der Waals surface area contributed by atoms with Gasteiger partial charge >= 0.3 is 5.97 Å². The van der Waals surface area contributed by atoms with E-state index in [2.05, 4.69) is 6.92 Å². The lowest BCUT2D eigenvalue weighted by molar-refractivity contribution is -0.136. The predicted molar refractivity (Wildman–Crippen MR) is 84.2 cm³/mol. The van der Waals surface area contributed by atoms with E-state index in [0.717, 1.165) is 25.7 Å². The second-order valence-corrected chi connectivity index (χ2v) is 7.76. The first-order valence-corrected chi connectivity index (χ1v) is 9.18. The summed E-state index contributed by atoms with van der Waals surface area (Å²) in [6.45, 7) is 3.28. The zero-order chi connectivity index (χ0) is 16.2. The Kier molecular flexibility index (Phi) is 5.58. The maximum atomic E-state index is 12.7. The Balaban J connectivity index is 2.14. The van der Waals surface area contributed by atoms with Gasteiger partial charge in [0.15, 0.2) is 0 Å². The molecular formula is C16H23NO4S. The second-order valence-electron chi connectivity index (χ2n) is 5.82. The number of aliphatic carboxylic acids is 1. The van der Waals surface area contributed by atoms with Crippen molar-refractivity contribution in [2.24, 2.45) is 5.92 Å². The van der Waals surface area contributed by atoms with Crippen LogP contribution >= 0.6 is 0 Å². The van der Waals surface area contributed by atoms with Crippen molar-refractivity contribution in [1.82, 2.24) is 4.31 Å². The number of sulfonamides is 1. The molecule has 0 spiro atoms. The van der Waals surface area contributed by atoms with Crippen molar-refractivity contribution in [2.75, 3.05) is 13.1 Å². The van der Waals surface area contributed by atoms with Crippen LogP contribution in [0, 0.1) is 5.92 Å². The normalized spacial score (nSPS) is 20.5. The van der Waals surface area contributed by atoms with E-state index in [1.54, 1.807) is 16.4 Å². The Morgan fingerprint density at radius 1 is 1.23 bits per heavy atom. The van der Waals surface area contributed by atoms with Crippen molar-refractivity contribution in [3.8, 4) is 0 Å². The van der Waals surface area contributed by atoms with E-state index >= 15 is 0 Å². The molecule has 1 aromatic rings. The molecule has 22 heavy (non-hydrogen) atoms. The van der Waals surface area contributed by atoms with Gasteiger partial charge in [-0.2, -0.15) is 4.31 Å². The monoisotopic (exact) mass is 325 g/mol. The Morgan fingerprint density at radius 3 is 2.50 bits per heavy atom. The predicted octanol–water partition coefficient (Wildman–Crippen LogP) is 2.51. The minimum Gasteiger partial charge on any atom is -0.481 e. The van der Waals surface area contributed by atoms with Crippen molar-refractivity contribution in [1.29, 1.82) is 0 Å². The van der Waals surface area contributed by atoms with E-state index < -0.39 is 16.0 Å². The van der Waals surface area contributed by atoms with Crippen LogP contribution in [0.2, 0.25) is 0 Å². The summed E-state index contributed by atoms with van der Waals surface area (Å²) in [4.78, 5) is 10.9. The molecule has 2 rings (SSSR count). The van der Waals surface area contributed by atoms with E-state index in [1.165, 1.54) is 12.1 Å². The molecule has 5 nitrogen and oxygen atoms in total. The topological polar surface area (TPSA) is 74.7 Å². The zero-order valence-electron chi connectivity index (χ0n) is 12.9. The van der Waals surface area contributed by atoms with Gasteiger partial charge in [-0.1, -0.05) is 25.5 Å². The van der Waals surface area contributed by atoms with Gasteiger partial charge in [0.05, 0.1) is 11.3 Å². The van der Waals surface area contributed by atoms with Crippen LogP contribution < -0.4 is 0 Å². The summed E-state index contributed by atoms with van der Waals surface area (Å²) in [5.41, 5.74) is 0.605. The molecule has 1 saturated heterocycles. The molecule has 0 radical (unpaired) electrons. The van der Waals surface area contributed by atoms with Gasteiger partial charge in [0, 0.05) is 13.1 Å². The van der Waals surface area contributed by atoms with E-state index in [4.69, 9.17) is 5.11 Å². The van der Waals surface area contributed by atoms with Crippen molar-refractivity contribution in [2.45, 2.75) is 43.9 Å². The van der Waals surface area contributed by atoms with Crippen molar-refractivity contribution in [3.63, 3.8) is 0 Å². The Labute approximate surface area is 132 Å². The standard InChI is InChI=1S/C16H23NO4S/c1-2-13-4-3-10-17(11-9-13)22(20,21)15-7-5-14(6-8-15)12-16(18)19/h5-8,13H,2-4,9-12H2,1H3,(H,18,19). The van der Waals surface area contributed by atoms with Gasteiger partial charge < -0.3 is 5.11 Å². The largest absolute Gasteiger partial charge is 0.481 e. The van der Waals surface area contributed by atoms with Gasteiger partial charge in [0.2, 0.25) is 10.0 Å². The first-order chi connectivity index (χ1) is 10.4. The molecule has 1 aromatic carbocycles. The Morgan fingerprint density at radius 2 is 1.91 bits per heavy atom. The summed E-state index contributed by atoms with van der Waals surface area (Å²) in [5.74, 6) is -0.313. The fourth-order valence-electron chi connectivity index (χ4n) is 2.89. The lowest BCUT2D eigenvalue weighted by Gasteiger charge is -2.20. The Bertz CT molecular complexity index is 610. The van der Waals surface area contributed by atoms with E-state index in [1.807, 2.05) is 0 Å². The van der Waals surface area contributed by atoms with Crippen molar-refractivity contribution in [3.05, 3.63) is 29.8 Å². The molecule has 1 aliphatic rings. The molecule has 0 aromatic heterocycles. The van der Waals surface area contributed by atoms with E-state index in [0.29, 0.717) is 24.6 Å². The summed E-state index contributed by atoms with van der Waals surface area (Å²) in [5, 5.41) is 8.75. The van der Waals surface area contributed by atoms with Gasteiger partial charge in [-0.15, -0.1) is 0 Å². The van der Waals surface area contributed by atoms with Crippen molar-refractivity contribution >= 4 is 16.0 Å². The third kappa shape index (κ3) is 4.08. The fraction of sp³-hybridized carbons (Fsp3) is 0.562. The van der Waals surface area contributed by atoms with Crippen LogP contribution in [-0.2, 0) is 21.2 Å². The molecule has 0 amide bonds. The molecule has 1 unspecified atom stereocenters. The van der Waals surface area contributed by atoms with Crippen LogP contribution in [0.5, 0.6) is 0 Å². The molecule has 0 bridgehead atoms. The molecule has 6 heteroatoms. The maximum Gasteiger partial charge on any atom is 0.307 e. The highest BCUT2D eigenvalue weighted by molar-refractivity contribution is 7.89. The third-order valence-corrected chi connectivity index (χ3v) is 6.21. The molecule has 0 aliphatic carbocycles. The average molecular weight is 325 g/mol. The molecule has 1 N–H and O–H groups in total. The highest BCUT2D eigenvalue weighted by Gasteiger charge is 2.27. The maximum absolute atomic E-state index is 12.7. The molecule has 122 valence electrons. The molecule has 1 heterocycles. The van der Waals surface area contributed by atoms with E-state index in [-0.39, 0.29) is 11.3 Å². The van der Waals surface area contributed by atoms with Crippen molar-refractivity contribution < 1.29 is 18.3 Å². The van der Waals surface area contributed by atoms with Gasteiger partial charge in [-0.25, -0.2) is 8.42 Å². The number of hydrogen-bond donors (Lipinski definition) is 1. The summed E-state index contributed by atoms with van der Waals surface area (Å²) in [6, 6.07) is 6.17. The van der Waals surface area contributed by atoms with Gasteiger partial charge in [-0.05, 0) is 42.9 Å². The number of nitrogens with zero attached hydrogens (tertiary/aromatic N) is 1. The number of hydrogen-bond acceptors (Lipinski definition) is 3. The van der Waals surface area contributed by atoms with Crippen LogP contribution in [0.25, 0.3) is 0 Å². The van der Waals surface area contributed by atoms with E-state index in [9.17, 15) is 13.2 Å². The summed E-state index contributed by atoms with van der Waals surface area (Å²) in [7, 11) is -3.48. The highest BCUT2D eigenvalue weighted by Crippen LogP contribution is 2.25. The fourth-order valence-corrected chi connectivity index (χ4v) is 4.38. The molecule has 1 atom stereocenters. The van der Waals surface area contributed by atoms with Gasteiger partial charge in [0.25, 0.3) is 0 Å². The second kappa shape index (κ2) is 7.24. The number of rotatable bonds is 5. The molecule has 1 aliphatic heterocycles. The number of carbonyl (C=O) groups is 1. The molecular weight excluding hydrogens is 302 g/mol. The molecule has 0 saturated carbocycles.